The molecule has 0 bridgehead atoms. The first-order valence-electron chi connectivity index (χ1n) is 5.27. The van der Waals surface area contributed by atoms with Gasteiger partial charge in [0.25, 0.3) is 0 Å². The van der Waals surface area contributed by atoms with E-state index in [1.54, 1.807) is 13.8 Å². The van der Waals surface area contributed by atoms with Crippen LogP contribution in [-0.2, 0) is 9.47 Å². The van der Waals surface area contributed by atoms with E-state index in [9.17, 15) is 9.59 Å². The lowest BCUT2D eigenvalue weighted by molar-refractivity contribution is 0.0595. The van der Waals surface area contributed by atoms with Crippen molar-refractivity contribution in [3.8, 4) is 0 Å². The maximum atomic E-state index is 11.6. The third-order valence-corrected chi connectivity index (χ3v) is 3.01. The van der Waals surface area contributed by atoms with E-state index in [4.69, 9.17) is 16.3 Å². The van der Waals surface area contributed by atoms with Crippen LogP contribution in [0.5, 0.6) is 0 Å². The maximum Gasteiger partial charge on any atom is 0.411 e. The second-order valence-electron chi connectivity index (χ2n) is 3.73. The number of aromatic nitrogens is 1. The van der Waals surface area contributed by atoms with Crippen molar-refractivity contribution in [1.82, 2.24) is 4.98 Å². The van der Waals surface area contributed by atoms with E-state index in [1.165, 1.54) is 13.2 Å². The van der Waals surface area contributed by atoms with E-state index in [2.05, 4.69) is 31.0 Å². The van der Waals surface area contributed by atoms with Crippen LogP contribution in [0.15, 0.2) is 10.7 Å². The van der Waals surface area contributed by atoms with Crippen LogP contribution in [0.1, 0.15) is 24.3 Å². The number of ether oxygens (including phenoxy) is 2. The van der Waals surface area contributed by atoms with Crippen molar-refractivity contribution in [1.29, 1.82) is 0 Å². The Morgan fingerprint density at radius 1 is 1.47 bits per heavy atom. The van der Waals surface area contributed by atoms with Crippen molar-refractivity contribution >= 4 is 45.3 Å². The first kappa shape index (κ1) is 15.7. The molecule has 0 spiro atoms. The number of hydrogen-bond acceptors (Lipinski definition) is 5. The zero-order valence-corrected chi connectivity index (χ0v) is 12.8. The van der Waals surface area contributed by atoms with Crippen LogP contribution in [0, 0.1) is 0 Å². The predicted molar refractivity (Wildman–Crippen MR) is 73.5 cm³/mol. The number of nitrogens with zero attached hydrogens (tertiary/aromatic N) is 1. The molecule has 1 aromatic rings. The first-order valence-corrected chi connectivity index (χ1v) is 6.44. The lowest BCUT2D eigenvalue weighted by atomic mass is 10.3. The molecule has 0 saturated heterocycles. The van der Waals surface area contributed by atoms with Crippen LogP contribution < -0.4 is 5.32 Å². The van der Waals surface area contributed by atoms with Gasteiger partial charge in [0.2, 0.25) is 0 Å². The van der Waals surface area contributed by atoms with E-state index in [-0.39, 0.29) is 27.1 Å². The smallest absolute Gasteiger partial charge is 0.411 e. The van der Waals surface area contributed by atoms with Crippen LogP contribution in [0.4, 0.5) is 10.5 Å². The number of hydrogen-bond donors (Lipinski definition) is 1. The summed E-state index contributed by atoms with van der Waals surface area (Å²) in [6.45, 7) is 3.40. The van der Waals surface area contributed by atoms with Crippen LogP contribution >= 0.6 is 27.5 Å². The SMILES string of the molecule is COC(=O)c1nc(Br)c(Cl)cc1NC(=O)OC(C)C. The normalized spacial score (nSPS) is 10.2. The summed E-state index contributed by atoms with van der Waals surface area (Å²) in [5.41, 5.74) is 0.0465. The summed E-state index contributed by atoms with van der Waals surface area (Å²) in [6, 6.07) is 1.38. The third kappa shape index (κ3) is 4.36. The van der Waals surface area contributed by atoms with Gasteiger partial charge in [-0.25, -0.2) is 14.6 Å². The minimum absolute atomic E-state index is 0.0699. The summed E-state index contributed by atoms with van der Waals surface area (Å²) in [5.74, 6) is -0.697. The molecule has 0 radical (unpaired) electrons. The Labute approximate surface area is 123 Å². The molecule has 0 aromatic carbocycles. The number of amides is 1. The summed E-state index contributed by atoms with van der Waals surface area (Å²) in [5, 5.41) is 2.64. The van der Waals surface area contributed by atoms with Crippen LogP contribution in [0.25, 0.3) is 0 Å². The number of rotatable bonds is 3. The molecule has 1 rings (SSSR count). The van der Waals surface area contributed by atoms with E-state index in [1.807, 2.05) is 0 Å². The topological polar surface area (TPSA) is 77.5 Å². The van der Waals surface area contributed by atoms with Crippen LogP contribution in [0.2, 0.25) is 5.02 Å². The summed E-state index contributed by atoms with van der Waals surface area (Å²) in [6.07, 6.45) is -0.999. The standard InChI is InChI=1S/C11H12BrClN2O4/c1-5(2)19-11(17)14-7-4-6(13)9(12)15-8(7)10(16)18-3/h4-5H,1-3H3,(H,14,17). The number of carbonyl (C=O) groups excluding carboxylic acids is 2. The number of nitrogens with one attached hydrogen (secondary N) is 1. The van der Waals surface area contributed by atoms with Gasteiger partial charge in [0.05, 0.1) is 23.9 Å². The van der Waals surface area contributed by atoms with Crippen molar-refractivity contribution < 1.29 is 19.1 Å². The molecule has 19 heavy (non-hydrogen) atoms. The highest BCUT2D eigenvalue weighted by Gasteiger charge is 2.19. The van der Waals surface area contributed by atoms with Gasteiger partial charge in [0.1, 0.15) is 4.60 Å². The Bertz CT molecular complexity index is 508. The van der Waals surface area contributed by atoms with E-state index in [0.29, 0.717) is 0 Å². The summed E-state index contributed by atoms with van der Waals surface area (Å²) in [7, 11) is 1.21. The quantitative estimate of drug-likeness (QED) is 0.668. The van der Waals surface area contributed by atoms with Crippen molar-refractivity contribution in [3.63, 3.8) is 0 Å². The van der Waals surface area contributed by atoms with E-state index in [0.717, 1.165) is 0 Å². The Hall–Kier alpha value is -1.34. The second kappa shape index (κ2) is 6.72. The van der Waals surface area contributed by atoms with Gasteiger partial charge < -0.3 is 9.47 Å². The Balaban J connectivity index is 3.07. The van der Waals surface area contributed by atoms with Gasteiger partial charge in [-0.15, -0.1) is 0 Å². The first-order chi connectivity index (χ1) is 8.85. The minimum Gasteiger partial charge on any atom is -0.464 e. The van der Waals surface area contributed by atoms with Crippen molar-refractivity contribution in [2.45, 2.75) is 20.0 Å². The fourth-order valence-corrected chi connectivity index (χ4v) is 1.61. The van der Waals surface area contributed by atoms with Gasteiger partial charge in [-0.2, -0.15) is 0 Å². The molecular weight excluding hydrogens is 339 g/mol. The molecule has 8 heteroatoms. The predicted octanol–water partition coefficient (Wildman–Crippen LogP) is 3.24. The molecule has 1 aromatic heterocycles. The molecule has 1 heterocycles. The average molecular weight is 352 g/mol. The molecule has 6 nitrogen and oxygen atoms in total. The van der Waals surface area contributed by atoms with Crippen molar-refractivity contribution in [2.75, 3.05) is 12.4 Å². The number of esters is 1. The van der Waals surface area contributed by atoms with Crippen molar-refractivity contribution in [3.05, 3.63) is 21.4 Å². The third-order valence-electron chi connectivity index (χ3n) is 1.89. The van der Waals surface area contributed by atoms with Gasteiger partial charge in [0, 0.05) is 0 Å². The van der Waals surface area contributed by atoms with Gasteiger partial charge in [-0.3, -0.25) is 5.32 Å². The fraction of sp³-hybridized carbons (Fsp3) is 0.364. The van der Waals surface area contributed by atoms with Crippen molar-refractivity contribution in [2.24, 2.45) is 0 Å². The minimum atomic E-state index is -0.708. The average Bonchev–Trinajstić information content (AvgIpc) is 2.31. The number of pyridine rings is 1. The molecule has 0 aliphatic heterocycles. The lowest BCUT2D eigenvalue weighted by Crippen LogP contribution is -2.20. The largest absolute Gasteiger partial charge is 0.464 e. The van der Waals surface area contributed by atoms with Gasteiger partial charge >= 0.3 is 12.1 Å². The molecular formula is C11H12BrClN2O4. The van der Waals surface area contributed by atoms with Crippen LogP contribution in [-0.4, -0.2) is 30.3 Å². The number of halogens is 2. The Kier molecular flexibility index (Phi) is 5.56. The van der Waals surface area contributed by atoms with E-state index >= 15 is 0 Å². The molecule has 0 aliphatic rings. The highest BCUT2D eigenvalue weighted by Crippen LogP contribution is 2.27. The molecule has 104 valence electrons. The second-order valence-corrected chi connectivity index (χ2v) is 4.89. The van der Waals surface area contributed by atoms with E-state index < -0.39 is 12.1 Å². The highest BCUT2D eigenvalue weighted by molar-refractivity contribution is 9.10. The summed E-state index contributed by atoms with van der Waals surface area (Å²) in [4.78, 5) is 27.0. The molecule has 0 unspecified atom stereocenters. The molecule has 0 atom stereocenters. The molecule has 0 fully saturated rings. The Morgan fingerprint density at radius 3 is 2.63 bits per heavy atom. The molecule has 1 amide bonds. The molecule has 0 aliphatic carbocycles. The zero-order valence-electron chi connectivity index (χ0n) is 10.5. The maximum absolute atomic E-state index is 11.6. The summed E-state index contributed by atoms with van der Waals surface area (Å²) >= 11 is 8.96. The molecule has 1 N–H and O–H groups in total. The highest BCUT2D eigenvalue weighted by atomic mass is 79.9. The van der Waals surface area contributed by atoms with Gasteiger partial charge in [-0.1, -0.05) is 11.6 Å². The van der Waals surface area contributed by atoms with Gasteiger partial charge in [0.15, 0.2) is 5.69 Å². The number of anilines is 1. The van der Waals surface area contributed by atoms with Gasteiger partial charge in [-0.05, 0) is 35.8 Å². The lowest BCUT2D eigenvalue weighted by Gasteiger charge is -2.12. The number of methoxy groups -OCH3 is 1. The fourth-order valence-electron chi connectivity index (χ4n) is 1.17. The monoisotopic (exact) mass is 350 g/mol. The Morgan fingerprint density at radius 2 is 2.11 bits per heavy atom. The zero-order chi connectivity index (χ0) is 14.6. The summed E-state index contributed by atoms with van der Waals surface area (Å²) < 4.78 is 9.76. The van der Waals surface area contributed by atoms with Crippen LogP contribution in [0.3, 0.4) is 0 Å². The molecule has 0 saturated carbocycles. The number of carbonyl (C=O) groups is 2.